The molecule has 1 aromatic rings. The molecule has 0 heterocycles. The lowest BCUT2D eigenvalue weighted by molar-refractivity contribution is 0.324. The van der Waals surface area contributed by atoms with Crippen LogP contribution in [0.2, 0.25) is 0 Å². The smallest absolute Gasteiger partial charge is 0.190 e. The van der Waals surface area contributed by atoms with Gasteiger partial charge in [0.05, 0.1) is 13.7 Å². The molecular weight excluding hydrogens is 178 g/mol. The number of methoxy groups -OCH3 is 1. The van der Waals surface area contributed by atoms with Crippen molar-refractivity contribution in [1.82, 2.24) is 0 Å². The minimum absolute atomic E-state index is 0.165. The van der Waals surface area contributed by atoms with Gasteiger partial charge in [-0.2, -0.15) is 0 Å². The fraction of sp³-hybridized carbons (Fsp3) is 0.333. The molecular formula is C9H10F2O2. The molecule has 0 N–H and O–H groups in total. The van der Waals surface area contributed by atoms with Crippen LogP contribution in [0.1, 0.15) is 6.92 Å². The van der Waals surface area contributed by atoms with Crippen molar-refractivity contribution < 1.29 is 18.3 Å². The number of hydrogen-bond donors (Lipinski definition) is 0. The summed E-state index contributed by atoms with van der Waals surface area (Å²) >= 11 is 0. The summed E-state index contributed by atoms with van der Waals surface area (Å²) in [6.45, 7) is 2.10. The molecule has 0 spiro atoms. The number of rotatable bonds is 3. The molecule has 0 bridgehead atoms. The molecule has 0 aliphatic heterocycles. The third kappa shape index (κ3) is 2.08. The minimum atomic E-state index is -0.758. The predicted molar refractivity (Wildman–Crippen MR) is 44.1 cm³/mol. The molecule has 0 saturated heterocycles. The fourth-order valence-corrected chi connectivity index (χ4v) is 0.982. The summed E-state index contributed by atoms with van der Waals surface area (Å²) in [7, 11) is 1.21. The van der Waals surface area contributed by atoms with Crippen molar-refractivity contribution in [2.75, 3.05) is 13.7 Å². The Morgan fingerprint density at radius 1 is 1.23 bits per heavy atom. The van der Waals surface area contributed by atoms with Crippen LogP contribution in [0.3, 0.4) is 0 Å². The molecule has 0 fully saturated rings. The Labute approximate surface area is 75.1 Å². The van der Waals surface area contributed by atoms with Gasteiger partial charge in [-0.1, -0.05) is 0 Å². The highest BCUT2D eigenvalue weighted by Gasteiger charge is 2.11. The van der Waals surface area contributed by atoms with Crippen molar-refractivity contribution in [3.63, 3.8) is 0 Å². The summed E-state index contributed by atoms with van der Waals surface area (Å²) < 4.78 is 35.4. The minimum Gasteiger partial charge on any atom is -0.494 e. The van der Waals surface area contributed by atoms with Crippen molar-refractivity contribution in [3.8, 4) is 11.5 Å². The average molecular weight is 188 g/mol. The zero-order valence-electron chi connectivity index (χ0n) is 7.43. The van der Waals surface area contributed by atoms with E-state index in [2.05, 4.69) is 4.74 Å². The van der Waals surface area contributed by atoms with Crippen molar-refractivity contribution in [1.29, 1.82) is 0 Å². The second kappa shape index (κ2) is 4.07. The Morgan fingerprint density at radius 3 is 2.15 bits per heavy atom. The second-order valence-corrected chi connectivity index (χ2v) is 2.35. The molecule has 13 heavy (non-hydrogen) atoms. The van der Waals surface area contributed by atoms with Gasteiger partial charge in [0, 0.05) is 12.1 Å². The molecule has 0 aliphatic rings. The van der Waals surface area contributed by atoms with Gasteiger partial charge in [-0.3, -0.25) is 0 Å². The van der Waals surface area contributed by atoms with Gasteiger partial charge in [-0.25, -0.2) is 8.78 Å². The molecule has 72 valence electrons. The standard InChI is InChI=1S/C9H10F2O2/c1-3-13-6-4-7(10)9(12-2)8(11)5-6/h4-5H,3H2,1-2H3. The van der Waals surface area contributed by atoms with E-state index >= 15 is 0 Å². The third-order valence-electron chi connectivity index (χ3n) is 1.49. The van der Waals surface area contributed by atoms with Gasteiger partial charge in [0.15, 0.2) is 17.4 Å². The van der Waals surface area contributed by atoms with E-state index in [9.17, 15) is 8.78 Å². The van der Waals surface area contributed by atoms with E-state index in [0.29, 0.717) is 6.61 Å². The lowest BCUT2D eigenvalue weighted by atomic mass is 10.3. The van der Waals surface area contributed by atoms with Crippen LogP contribution in [0.15, 0.2) is 12.1 Å². The first-order valence-electron chi connectivity index (χ1n) is 3.84. The van der Waals surface area contributed by atoms with E-state index in [0.717, 1.165) is 12.1 Å². The third-order valence-corrected chi connectivity index (χ3v) is 1.49. The summed E-state index contributed by atoms with van der Waals surface area (Å²) in [6, 6.07) is 2.18. The number of benzene rings is 1. The predicted octanol–water partition coefficient (Wildman–Crippen LogP) is 2.37. The first-order chi connectivity index (χ1) is 6.19. The van der Waals surface area contributed by atoms with E-state index in [1.807, 2.05) is 0 Å². The van der Waals surface area contributed by atoms with Crippen molar-refractivity contribution in [2.45, 2.75) is 6.92 Å². The van der Waals surface area contributed by atoms with E-state index < -0.39 is 11.6 Å². The van der Waals surface area contributed by atoms with Gasteiger partial charge >= 0.3 is 0 Å². The molecule has 0 unspecified atom stereocenters. The van der Waals surface area contributed by atoms with E-state index in [1.54, 1.807) is 6.92 Å². The highest BCUT2D eigenvalue weighted by molar-refractivity contribution is 5.34. The summed E-state index contributed by atoms with van der Waals surface area (Å²) in [5, 5.41) is 0. The first-order valence-corrected chi connectivity index (χ1v) is 3.84. The molecule has 4 heteroatoms. The molecule has 0 radical (unpaired) electrons. The highest BCUT2D eigenvalue weighted by Crippen LogP contribution is 2.26. The van der Waals surface area contributed by atoms with Crippen LogP contribution >= 0.6 is 0 Å². The van der Waals surface area contributed by atoms with Crippen molar-refractivity contribution in [2.24, 2.45) is 0 Å². The molecule has 0 aromatic heterocycles. The Morgan fingerprint density at radius 2 is 1.77 bits per heavy atom. The summed E-state index contributed by atoms with van der Waals surface area (Å²) in [4.78, 5) is 0. The van der Waals surface area contributed by atoms with Crippen LogP contribution < -0.4 is 9.47 Å². The number of halogens is 2. The average Bonchev–Trinajstić information content (AvgIpc) is 2.04. The Balaban J connectivity index is 3.05. The van der Waals surface area contributed by atoms with Gasteiger partial charge < -0.3 is 9.47 Å². The largest absolute Gasteiger partial charge is 0.494 e. The Bertz CT molecular complexity index is 277. The van der Waals surface area contributed by atoms with E-state index in [4.69, 9.17) is 4.74 Å². The van der Waals surface area contributed by atoms with Gasteiger partial charge in [0.25, 0.3) is 0 Å². The van der Waals surface area contributed by atoms with Crippen LogP contribution in [0.5, 0.6) is 11.5 Å². The fourth-order valence-electron chi connectivity index (χ4n) is 0.982. The van der Waals surface area contributed by atoms with Crippen LogP contribution in [0.25, 0.3) is 0 Å². The van der Waals surface area contributed by atoms with Crippen molar-refractivity contribution >= 4 is 0 Å². The van der Waals surface area contributed by atoms with Gasteiger partial charge in [-0.05, 0) is 6.92 Å². The topological polar surface area (TPSA) is 18.5 Å². The number of ether oxygens (including phenoxy) is 2. The van der Waals surface area contributed by atoms with Gasteiger partial charge in [0.1, 0.15) is 5.75 Å². The van der Waals surface area contributed by atoms with Gasteiger partial charge in [-0.15, -0.1) is 0 Å². The first kappa shape index (κ1) is 9.77. The Kier molecular flexibility index (Phi) is 3.06. The zero-order valence-corrected chi connectivity index (χ0v) is 7.43. The summed E-state index contributed by atoms with van der Waals surface area (Å²) in [5.41, 5.74) is 0. The molecule has 0 saturated carbocycles. The summed E-state index contributed by atoms with van der Waals surface area (Å²) in [6.07, 6.45) is 0. The lowest BCUT2D eigenvalue weighted by Crippen LogP contribution is -1.96. The Hall–Kier alpha value is -1.32. The normalized spacial score (nSPS) is 9.85. The van der Waals surface area contributed by atoms with E-state index in [-0.39, 0.29) is 11.5 Å². The van der Waals surface area contributed by atoms with Gasteiger partial charge in [0.2, 0.25) is 0 Å². The molecule has 1 aromatic carbocycles. The van der Waals surface area contributed by atoms with Crippen LogP contribution in [0.4, 0.5) is 8.78 Å². The maximum absolute atomic E-state index is 13.0. The number of hydrogen-bond acceptors (Lipinski definition) is 2. The maximum atomic E-state index is 13.0. The summed E-state index contributed by atoms with van der Waals surface area (Å²) in [5.74, 6) is -1.74. The van der Waals surface area contributed by atoms with Crippen molar-refractivity contribution in [3.05, 3.63) is 23.8 Å². The molecule has 0 aliphatic carbocycles. The molecule has 1 rings (SSSR count). The van der Waals surface area contributed by atoms with Crippen LogP contribution in [0, 0.1) is 11.6 Å². The highest BCUT2D eigenvalue weighted by atomic mass is 19.1. The van der Waals surface area contributed by atoms with Crippen LogP contribution in [-0.2, 0) is 0 Å². The van der Waals surface area contributed by atoms with Crippen LogP contribution in [-0.4, -0.2) is 13.7 Å². The monoisotopic (exact) mass is 188 g/mol. The quantitative estimate of drug-likeness (QED) is 0.725. The maximum Gasteiger partial charge on any atom is 0.190 e. The second-order valence-electron chi connectivity index (χ2n) is 2.35. The zero-order chi connectivity index (χ0) is 9.84. The van der Waals surface area contributed by atoms with E-state index in [1.165, 1.54) is 7.11 Å². The molecule has 0 amide bonds. The molecule has 0 atom stereocenters. The lowest BCUT2D eigenvalue weighted by Gasteiger charge is -2.06. The SMILES string of the molecule is CCOc1cc(F)c(OC)c(F)c1. The molecule has 2 nitrogen and oxygen atoms in total.